The van der Waals surface area contributed by atoms with Gasteiger partial charge in [0.25, 0.3) is 5.91 Å². The zero-order valence-corrected chi connectivity index (χ0v) is 18.8. The molecule has 2 aliphatic heterocycles. The summed E-state index contributed by atoms with van der Waals surface area (Å²) >= 11 is 2.04. The summed E-state index contributed by atoms with van der Waals surface area (Å²) in [5, 5.41) is 0. The number of thioether (sulfide) groups is 1. The van der Waals surface area contributed by atoms with Gasteiger partial charge in [0.15, 0.2) is 0 Å². The van der Waals surface area contributed by atoms with E-state index in [0.29, 0.717) is 6.54 Å². The molecule has 0 radical (unpaired) electrons. The van der Waals surface area contributed by atoms with Crippen LogP contribution in [0, 0.1) is 0 Å². The molecule has 2 aliphatic rings. The third-order valence-electron chi connectivity index (χ3n) is 6.61. The smallest absolute Gasteiger partial charge is 0.255 e. The number of hydrogen-bond acceptors (Lipinski definition) is 3. The maximum atomic E-state index is 13.8. The molecule has 1 saturated heterocycles. The van der Waals surface area contributed by atoms with Gasteiger partial charge in [-0.15, -0.1) is 0 Å². The van der Waals surface area contributed by atoms with E-state index in [1.807, 2.05) is 30.0 Å². The van der Waals surface area contributed by atoms with Crippen LogP contribution in [0.15, 0.2) is 72.9 Å². The molecule has 0 unspecified atom stereocenters. The molecular formula is C26H29N3OS. The van der Waals surface area contributed by atoms with E-state index in [1.165, 1.54) is 28.3 Å². The van der Waals surface area contributed by atoms with Gasteiger partial charge in [0.2, 0.25) is 0 Å². The van der Waals surface area contributed by atoms with Crippen molar-refractivity contribution in [2.45, 2.75) is 18.5 Å². The Labute approximate surface area is 188 Å². The highest BCUT2D eigenvalue weighted by Gasteiger charge is 2.42. The molecule has 31 heavy (non-hydrogen) atoms. The van der Waals surface area contributed by atoms with Crippen molar-refractivity contribution in [3.63, 3.8) is 0 Å². The van der Waals surface area contributed by atoms with Crippen molar-refractivity contribution in [1.82, 2.24) is 14.4 Å². The minimum absolute atomic E-state index is 0.0113. The Balaban J connectivity index is 1.60. The lowest BCUT2D eigenvalue weighted by atomic mass is 9.80. The summed E-state index contributed by atoms with van der Waals surface area (Å²) in [6.45, 7) is 3.84. The standard InChI is InChI=1S/C26H29N3OS/c1-27-13-7-12-24(27)25-23(19-28-14-16-31-17-15-28)21-10-5-6-11-22(21)26(30)29(25)18-20-8-3-2-4-9-20/h2-13,23,25H,14-19H2,1H3/t23-,25-/m1/s1. The average molecular weight is 432 g/mol. The van der Waals surface area contributed by atoms with Crippen LogP contribution in [-0.2, 0) is 13.6 Å². The topological polar surface area (TPSA) is 28.5 Å². The minimum Gasteiger partial charge on any atom is -0.353 e. The Kier molecular flexibility index (Phi) is 5.88. The van der Waals surface area contributed by atoms with Gasteiger partial charge >= 0.3 is 0 Å². The average Bonchev–Trinajstić information content (AvgIpc) is 3.24. The fourth-order valence-corrected chi connectivity index (χ4v) is 6.02. The lowest BCUT2D eigenvalue weighted by Gasteiger charge is -2.44. The fourth-order valence-electron chi connectivity index (χ4n) is 5.04. The van der Waals surface area contributed by atoms with Gasteiger partial charge in [-0.3, -0.25) is 4.79 Å². The molecule has 3 aromatic rings. The summed E-state index contributed by atoms with van der Waals surface area (Å²) in [6, 6.07) is 22.9. The summed E-state index contributed by atoms with van der Waals surface area (Å²) in [7, 11) is 2.09. The predicted octanol–water partition coefficient (Wildman–Crippen LogP) is 4.55. The van der Waals surface area contributed by atoms with Crippen LogP contribution in [0.1, 0.15) is 39.1 Å². The van der Waals surface area contributed by atoms with E-state index in [0.717, 1.165) is 25.2 Å². The third kappa shape index (κ3) is 4.04. The summed E-state index contributed by atoms with van der Waals surface area (Å²) < 4.78 is 2.18. The van der Waals surface area contributed by atoms with Crippen molar-refractivity contribution >= 4 is 17.7 Å². The van der Waals surface area contributed by atoms with E-state index < -0.39 is 0 Å². The molecule has 5 rings (SSSR count). The molecule has 2 aromatic carbocycles. The second-order valence-electron chi connectivity index (χ2n) is 8.51. The van der Waals surface area contributed by atoms with Gasteiger partial charge in [0, 0.05) is 68.1 Å². The Bertz CT molecular complexity index is 1040. The van der Waals surface area contributed by atoms with E-state index >= 15 is 0 Å². The monoisotopic (exact) mass is 431 g/mol. The van der Waals surface area contributed by atoms with E-state index in [-0.39, 0.29) is 17.9 Å². The summed E-state index contributed by atoms with van der Waals surface area (Å²) in [5.41, 5.74) is 4.43. The Morgan fingerprint density at radius 2 is 1.68 bits per heavy atom. The molecule has 0 N–H and O–H groups in total. The number of nitrogens with zero attached hydrogens (tertiary/aromatic N) is 3. The first kappa shape index (κ1) is 20.4. The number of aromatic nitrogens is 1. The first-order valence-electron chi connectivity index (χ1n) is 11.1. The highest BCUT2D eigenvalue weighted by atomic mass is 32.2. The molecule has 0 bridgehead atoms. The van der Waals surface area contributed by atoms with Crippen LogP contribution >= 0.6 is 11.8 Å². The maximum Gasteiger partial charge on any atom is 0.255 e. The number of aryl methyl sites for hydroxylation is 1. The van der Waals surface area contributed by atoms with Crippen molar-refractivity contribution in [2.75, 3.05) is 31.1 Å². The third-order valence-corrected chi connectivity index (χ3v) is 7.55. The summed E-state index contributed by atoms with van der Waals surface area (Å²) in [6.07, 6.45) is 2.09. The normalized spacial score (nSPS) is 21.8. The van der Waals surface area contributed by atoms with Crippen molar-refractivity contribution in [2.24, 2.45) is 7.05 Å². The van der Waals surface area contributed by atoms with E-state index in [9.17, 15) is 4.79 Å². The van der Waals surface area contributed by atoms with Crippen LogP contribution in [0.25, 0.3) is 0 Å². The maximum absolute atomic E-state index is 13.8. The van der Waals surface area contributed by atoms with Gasteiger partial charge in [-0.25, -0.2) is 0 Å². The number of hydrogen-bond donors (Lipinski definition) is 0. The van der Waals surface area contributed by atoms with Crippen molar-refractivity contribution in [3.05, 3.63) is 95.3 Å². The van der Waals surface area contributed by atoms with Gasteiger partial charge in [0.1, 0.15) is 0 Å². The zero-order valence-electron chi connectivity index (χ0n) is 18.0. The second kappa shape index (κ2) is 8.93. The Morgan fingerprint density at radius 1 is 0.935 bits per heavy atom. The van der Waals surface area contributed by atoms with Gasteiger partial charge < -0.3 is 14.4 Å². The highest BCUT2D eigenvalue weighted by Crippen LogP contribution is 2.44. The molecule has 1 amide bonds. The first-order valence-corrected chi connectivity index (χ1v) is 12.2. The van der Waals surface area contributed by atoms with Crippen LogP contribution < -0.4 is 0 Å². The molecule has 0 spiro atoms. The quantitative estimate of drug-likeness (QED) is 0.593. The lowest BCUT2D eigenvalue weighted by Crippen LogP contribution is -2.47. The van der Waals surface area contributed by atoms with Gasteiger partial charge in [0.05, 0.1) is 6.04 Å². The van der Waals surface area contributed by atoms with Crippen molar-refractivity contribution in [1.29, 1.82) is 0 Å². The number of amides is 1. The number of carbonyl (C=O) groups is 1. The molecule has 0 saturated carbocycles. The largest absolute Gasteiger partial charge is 0.353 e. The van der Waals surface area contributed by atoms with Gasteiger partial charge in [-0.05, 0) is 29.3 Å². The lowest BCUT2D eigenvalue weighted by molar-refractivity contribution is 0.0549. The number of rotatable bonds is 5. The molecule has 4 nitrogen and oxygen atoms in total. The molecule has 1 aromatic heterocycles. The molecular weight excluding hydrogens is 402 g/mol. The second-order valence-corrected chi connectivity index (χ2v) is 9.74. The number of fused-ring (bicyclic) bond motifs is 1. The van der Waals surface area contributed by atoms with E-state index in [2.05, 4.69) is 76.1 Å². The number of benzene rings is 2. The molecule has 160 valence electrons. The minimum atomic E-state index is 0.0113. The van der Waals surface area contributed by atoms with Gasteiger partial charge in [-0.1, -0.05) is 48.5 Å². The molecule has 0 aliphatic carbocycles. The van der Waals surface area contributed by atoms with Crippen LogP contribution in [0.3, 0.4) is 0 Å². The highest BCUT2D eigenvalue weighted by molar-refractivity contribution is 7.99. The molecule has 2 atom stereocenters. The SMILES string of the molecule is Cn1cccc1[C@H]1[C@H](CN2CCSCC2)c2ccccc2C(=O)N1Cc1ccccc1. The first-order chi connectivity index (χ1) is 15.2. The van der Waals surface area contributed by atoms with Crippen molar-refractivity contribution < 1.29 is 4.79 Å². The molecule has 5 heteroatoms. The van der Waals surface area contributed by atoms with Crippen molar-refractivity contribution in [3.8, 4) is 0 Å². The molecule has 3 heterocycles. The van der Waals surface area contributed by atoms with Crippen LogP contribution in [0.4, 0.5) is 0 Å². The molecule has 1 fully saturated rings. The summed E-state index contributed by atoms with van der Waals surface area (Å²) in [5.74, 6) is 2.76. The fraction of sp³-hybridized carbons (Fsp3) is 0.346. The van der Waals surface area contributed by atoms with Crippen LogP contribution in [-0.4, -0.2) is 51.4 Å². The Hall–Kier alpha value is -2.50. The predicted molar refractivity (Wildman–Crippen MR) is 127 cm³/mol. The summed E-state index contributed by atoms with van der Waals surface area (Å²) in [4.78, 5) is 18.5. The van der Waals surface area contributed by atoms with E-state index in [4.69, 9.17) is 0 Å². The number of carbonyl (C=O) groups excluding carboxylic acids is 1. The zero-order chi connectivity index (χ0) is 21.2. The van der Waals surface area contributed by atoms with Gasteiger partial charge in [-0.2, -0.15) is 11.8 Å². The van der Waals surface area contributed by atoms with Crippen LogP contribution in [0.5, 0.6) is 0 Å². The van der Waals surface area contributed by atoms with E-state index in [1.54, 1.807) is 0 Å². The van der Waals surface area contributed by atoms with Crippen LogP contribution in [0.2, 0.25) is 0 Å². The Morgan fingerprint density at radius 3 is 2.42 bits per heavy atom.